The van der Waals surface area contributed by atoms with E-state index in [1.165, 1.54) is 47.6 Å². The van der Waals surface area contributed by atoms with E-state index in [0.29, 0.717) is 17.7 Å². The van der Waals surface area contributed by atoms with E-state index in [9.17, 15) is 23.9 Å². The van der Waals surface area contributed by atoms with Crippen molar-refractivity contribution < 1.29 is 23.9 Å². The number of carboxylic acids is 1. The first-order valence-electron chi connectivity index (χ1n) is 13.7. The molecule has 1 aliphatic heterocycles. The van der Waals surface area contributed by atoms with Gasteiger partial charge in [0.05, 0.1) is 16.3 Å². The average Bonchev–Trinajstić information content (AvgIpc) is 3.05. The monoisotopic (exact) mass is 616 g/mol. The quantitative estimate of drug-likeness (QED) is 0.195. The third-order valence-corrected chi connectivity index (χ3v) is 7.08. The van der Waals surface area contributed by atoms with Crippen LogP contribution in [0.3, 0.4) is 0 Å². The van der Waals surface area contributed by atoms with Crippen molar-refractivity contribution in [2.45, 2.75) is 26.3 Å². The van der Waals surface area contributed by atoms with E-state index in [-0.39, 0.29) is 28.5 Å². The van der Waals surface area contributed by atoms with Crippen LogP contribution < -0.4 is 16.4 Å². The van der Waals surface area contributed by atoms with Crippen molar-refractivity contribution in [1.29, 1.82) is 0 Å². The molecule has 12 heteroatoms. The zero-order valence-electron chi connectivity index (χ0n) is 23.9. The molecule has 1 unspecified atom stereocenters. The summed E-state index contributed by atoms with van der Waals surface area (Å²) in [6.07, 6.45) is 6.32. The Balaban J connectivity index is 0.00000216. The molecule has 1 atom stereocenters. The highest BCUT2D eigenvalue weighted by Crippen LogP contribution is 2.37. The van der Waals surface area contributed by atoms with Crippen LogP contribution in [0.1, 0.15) is 41.4 Å². The van der Waals surface area contributed by atoms with Crippen LogP contribution in [0, 0.1) is 5.82 Å². The second-order valence-corrected chi connectivity index (χ2v) is 9.78. The molecule has 3 aromatic carbocycles. The molecule has 0 saturated carbocycles. The Labute approximate surface area is 258 Å². The van der Waals surface area contributed by atoms with E-state index < -0.39 is 29.6 Å². The Hall–Kier alpha value is -5.29. The van der Waals surface area contributed by atoms with Crippen LogP contribution in [0.2, 0.25) is 5.02 Å². The molecule has 2 heterocycles. The number of halogens is 2. The van der Waals surface area contributed by atoms with Gasteiger partial charge in [-0.25, -0.2) is 19.2 Å². The Morgan fingerprint density at radius 2 is 1.73 bits per heavy atom. The SMILES string of the molecule is CC.N/C(=C\Nc1cccc(Cl)c1F)C(=O)N1CCc2c(-c3cncnc3)cccc2C1C(=O)Nc1ccc(C(=O)O)cc1. The smallest absolute Gasteiger partial charge is 0.335 e. The van der Waals surface area contributed by atoms with Crippen LogP contribution >= 0.6 is 11.6 Å². The number of nitrogens with two attached hydrogens (primary N) is 1. The molecule has 0 saturated heterocycles. The Morgan fingerprint density at radius 1 is 1.05 bits per heavy atom. The van der Waals surface area contributed by atoms with Gasteiger partial charge in [0.15, 0.2) is 5.82 Å². The predicted octanol–water partition coefficient (Wildman–Crippen LogP) is 5.64. The van der Waals surface area contributed by atoms with Gasteiger partial charge in [-0.1, -0.05) is 49.7 Å². The third-order valence-electron chi connectivity index (χ3n) is 6.78. The van der Waals surface area contributed by atoms with Crippen molar-refractivity contribution in [2.24, 2.45) is 5.73 Å². The Kier molecular flexibility index (Phi) is 10.3. The van der Waals surface area contributed by atoms with Gasteiger partial charge >= 0.3 is 5.97 Å². The fourth-order valence-corrected chi connectivity index (χ4v) is 4.96. The maximum atomic E-state index is 14.3. The van der Waals surface area contributed by atoms with Crippen molar-refractivity contribution in [2.75, 3.05) is 17.2 Å². The summed E-state index contributed by atoms with van der Waals surface area (Å²) < 4.78 is 14.3. The maximum Gasteiger partial charge on any atom is 0.335 e. The number of nitrogens with one attached hydrogen (secondary N) is 2. The van der Waals surface area contributed by atoms with Crippen molar-refractivity contribution in [3.8, 4) is 11.1 Å². The number of amides is 2. The largest absolute Gasteiger partial charge is 0.478 e. The minimum atomic E-state index is -1.10. The summed E-state index contributed by atoms with van der Waals surface area (Å²) in [6, 6.07) is 14.4. The van der Waals surface area contributed by atoms with E-state index >= 15 is 0 Å². The molecule has 2 amide bonds. The lowest BCUT2D eigenvalue weighted by atomic mass is 9.86. The lowest BCUT2D eigenvalue weighted by molar-refractivity contribution is -0.136. The summed E-state index contributed by atoms with van der Waals surface area (Å²) in [7, 11) is 0. The van der Waals surface area contributed by atoms with Gasteiger partial charge in [-0.2, -0.15) is 0 Å². The molecule has 5 rings (SSSR count). The number of carbonyl (C=O) groups excluding carboxylic acids is 2. The molecule has 44 heavy (non-hydrogen) atoms. The molecule has 10 nitrogen and oxygen atoms in total. The number of hydrogen-bond acceptors (Lipinski definition) is 7. The number of aromatic nitrogens is 2. The molecule has 4 aromatic rings. The number of carbonyl (C=O) groups is 3. The number of hydrogen-bond donors (Lipinski definition) is 4. The number of benzene rings is 3. The molecule has 0 bridgehead atoms. The molecule has 226 valence electrons. The third kappa shape index (κ3) is 6.84. The fraction of sp³-hybridized carbons (Fsp3) is 0.156. The van der Waals surface area contributed by atoms with Crippen LogP contribution in [0.15, 0.2) is 91.3 Å². The molecular weight excluding hydrogens is 587 g/mol. The standard InChI is InChI=1S/C30H24ClFN6O4.C2H6/c31-23-5-2-6-25(26(23)32)36-15-24(33)29(40)38-12-11-21-20(18-13-34-16-35-14-18)3-1-4-22(21)27(38)28(39)37-19-9-7-17(8-10-19)30(41)42;1-2/h1-10,13-16,27,36H,11-12,33H2,(H,37,39)(H,41,42);1-2H3/b24-15-;. The van der Waals surface area contributed by atoms with Gasteiger partial charge in [-0.15, -0.1) is 0 Å². The van der Waals surface area contributed by atoms with Gasteiger partial charge in [0.2, 0.25) is 0 Å². The first-order chi connectivity index (χ1) is 21.2. The predicted molar refractivity (Wildman–Crippen MR) is 166 cm³/mol. The lowest BCUT2D eigenvalue weighted by Gasteiger charge is -2.37. The van der Waals surface area contributed by atoms with Gasteiger partial charge < -0.3 is 26.4 Å². The van der Waals surface area contributed by atoms with Crippen LogP contribution in [0.25, 0.3) is 11.1 Å². The summed E-state index contributed by atoms with van der Waals surface area (Å²) in [6.45, 7) is 4.15. The summed E-state index contributed by atoms with van der Waals surface area (Å²) in [5, 5.41) is 14.5. The summed E-state index contributed by atoms with van der Waals surface area (Å²) in [4.78, 5) is 48.2. The van der Waals surface area contributed by atoms with Crippen LogP contribution in [0.4, 0.5) is 15.8 Å². The summed E-state index contributed by atoms with van der Waals surface area (Å²) in [5.74, 6) is -2.98. The second kappa shape index (κ2) is 14.3. The number of nitrogens with zero attached hydrogens (tertiary/aromatic N) is 3. The average molecular weight is 617 g/mol. The summed E-state index contributed by atoms with van der Waals surface area (Å²) >= 11 is 5.84. The molecule has 0 fully saturated rings. The molecule has 0 radical (unpaired) electrons. The van der Waals surface area contributed by atoms with E-state index in [4.69, 9.17) is 17.3 Å². The van der Waals surface area contributed by atoms with Gasteiger partial charge in [0.1, 0.15) is 18.1 Å². The summed E-state index contributed by atoms with van der Waals surface area (Å²) in [5.41, 5.74) is 9.31. The van der Waals surface area contributed by atoms with Crippen LogP contribution in [-0.2, 0) is 16.0 Å². The highest BCUT2D eigenvalue weighted by molar-refractivity contribution is 6.31. The van der Waals surface area contributed by atoms with E-state index in [1.54, 1.807) is 30.6 Å². The highest BCUT2D eigenvalue weighted by Gasteiger charge is 2.37. The highest BCUT2D eigenvalue weighted by atomic mass is 35.5. The molecule has 1 aliphatic rings. The second-order valence-electron chi connectivity index (χ2n) is 9.37. The van der Waals surface area contributed by atoms with Crippen LogP contribution in [-0.4, -0.2) is 44.3 Å². The molecule has 1 aromatic heterocycles. The van der Waals surface area contributed by atoms with E-state index in [1.807, 2.05) is 19.9 Å². The van der Waals surface area contributed by atoms with E-state index in [2.05, 4.69) is 20.6 Å². The lowest BCUT2D eigenvalue weighted by Crippen LogP contribution is -2.47. The normalized spacial score (nSPS) is 14.0. The van der Waals surface area contributed by atoms with Crippen molar-refractivity contribution in [1.82, 2.24) is 14.9 Å². The Morgan fingerprint density at radius 3 is 2.41 bits per heavy atom. The van der Waals surface area contributed by atoms with E-state index in [0.717, 1.165) is 22.9 Å². The Bertz CT molecular complexity index is 1700. The molecule has 5 N–H and O–H groups in total. The van der Waals surface area contributed by atoms with Gasteiger partial charge in [0.25, 0.3) is 11.8 Å². The van der Waals surface area contributed by atoms with Gasteiger partial charge in [-0.3, -0.25) is 9.59 Å². The number of fused-ring (bicyclic) bond motifs is 1. The maximum absolute atomic E-state index is 14.3. The molecule has 0 spiro atoms. The van der Waals surface area contributed by atoms with Crippen molar-refractivity contribution >= 4 is 40.8 Å². The van der Waals surface area contributed by atoms with Crippen molar-refractivity contribution in [3.05, 3.63) is 119 Å². The zero-order valence-corrected chi connectivity index (χ0v) is 24.7. The minimum absolute atomic E-state index is 0.0241. The number of carboxylic acid groups (broad SMARTS) is 1. The van der Waals surface area contributed by atoms with Gasteiger partial charge in [-0.05, 0) is 59.5 Å². The first-order valence-corrected chi connectivity index (χ1v) is 14.1. The molecular formula is C32H30ClFN6O4. The number of rotatable bonds is 7. The first kappa shape index (κ1) is 31.6. The fourth-order valence-electron chi connectivity index (χ4n) is 4.78. The minimum Gasteiger partial charge on any atom is -0.478 e. The number of anilines is 2. The van der Waals surface area contributed by atoms with Gasteiger partial charge in [0, 0.05) is 36.4 Å². The number of aromatic carboxylic acids is 1. The zero-order chi connectivity index (χ0) is 31.8. The van der Waals surface area contributed by atoms with Crippen molar-refractivity contribution in [3.63, 3.8) is 0 Å². The van der Waals surface area contributed by atoms with Crippen LogP contribution in [0.5, 0.6) is 0 Å². The molecule has 0 aliphatic carbocycles. The topological polar surface area (TPSA) is 151 Å².